The van der Waals surface area contributed by atoms with Gasteiger partial charge in [0, 0.05) is 37.8 Å². The zero-order chi connectivity index (χ0) is 14.4. The van der Waals surface area contributed by atoms with Crippen LogP contribution in [-0.4, -0.2) is 39.5 Å². The summed E-state index contributed by atoms with van der Waals surface area (Å²) in [5.74, 6) is 0.773. The molecule has 7 heteroatoms. The highest BCUT2D eigenvalue weighted by Crippen LogP contribution is 2.10. The molecule has 2 N–H and O–H groups in total. The van der Waals surface area contributed by atoms with Crippen LogP contribution in [-0.2, 0) is 19.4 Å². The van der Waals surface area contributed by atoms with Crippen molar-refractivity contribution in [3.8, 4) is 0 Å². The van der Waals surface area contributed by atoms with Gasteiger partial charge < -0.3 is 15.2 Å². The molecule has 0 unspecified atom stereocenters. The van der Waals surface area contributed by atoms with Gasteiger partial charge in [0.2, 0.25) is 0 Å². The number of aryl methyl sites for hydroxylation is 1. The van der Waals surface area contributed by atoms with Gasteiger partial charge in [0.15, 0.2) is 0 Å². The minimum atomic E-state index is -0.103. The summed E-state index contributed by atoms with van der Waals surface area (Å²) in [6.07, 6.45) is 5.14. The Morgan fingerprint density at radius 1 is 1.55 bits per heavy atom. The number of H-pyrrole nitrogens is 1. The minimum absolute atomic E-state index is 0.103. The van der Waals surface area contributed by atoms with Gasteiger partial charge in [0.25, 0.3) is 0 Å². The molecule has 2 aromatic rings. The van der Waals surface area contributed by atoms with Crippen LogP contribution in [0.1, 0.15) is 23.4 Å². The second kappa shape index (κ2) is 7.04. The Bertz CT molecular complexity index is 537. The first-order valence-corrected chi connectivity index (χ1v) is 7.47. The molecule has 20 heavy (non-hydrogen) atoms. The number of nitrogens with one attached hydrogen (secondary N) is 2. The van der Waals surface area contributed by atoms with Crippen molar-refractivity contribution in [1.29, 1.82) is 0 Å². The molecule has 2 heterocycles. The first-order chi connectivity index (χ1) is 9.69. The van der Waals surface area contributed by atoms with Gasteiger partial charge in [-0.1, -0.05) is 6.92 Å². The third kappa shape index (κ3) is 4.06. The molecule has 6 nitrogen and oxygen atoms in total. The lowest BCUT2D eigenvalue weighted by atomic mass is 10.4. The highest BCUT2D eigenvalue weighted by molar-refractivity contribution is 7.09. The van der Waals surface area contributed by atoms with E-state index in [2.05, 4.69) is 32.6 Å². The van der Waals surface area contributed by atoms with E-state index in [0.29, 0.717) is 13.1 Å². The Labute approximate surface area is 122 Å². The molecule has 0 saturated carbocycles. The number of hydrogen-bond donors (Lipinski definition) is 2. The van der Waals surface area contributed by atoms with Crippen LogP contribution in [0.2, 0.25) is 0 Å². The Kier molecular flexibility index (Phi) is 5.11. The molecule has 0 aliphatic carbocycles. The Balaban J connectivity index is 1.71. The second-order valence-electron chi connectivity index (χ2n) is 4.46. The van der Waals surface area contributed by atoms with E-state index >= 15 is 0 Å². The van der Waals surface area contributed by atoms with E-state index in [-0.39, 0.29) is 6.03 Å². The number of carbonyl (C=O) groups is 1. The number of thiazole rings is 1. The fourth-order valence-electron chi connectivity index (χ4n) is 1.72. The van der Waals surface area contributed by atoms with E-state index in [0.717, 1.165) is 29.4 Å². The summed E-state index contributed by atoms with van der Waals surface area (Å²) in [7, 11) is 1.75. The third-order valence-corrected chi connectivity index (χ3v) is 3.82. The lowest BCUT2D eigenvalue weighted by molar-refractivity contribution is 0.206. The molecule has 2 aromatic heterocycles. The third-order valence-electron chi connectivity index (χ3n) is 2.87. The SMILES string of the molecule is CCc1csc(CCNC(=O)N(C)Cc2ncc[nH]2)n1. The van der Waals surface area contributed by atoms with Crippen molar-refractivity contribution >= 4 is 17.4 Å². The molecule has 0 spiro atoms. The van der Waals surface area contributed by atoms with Crippen molar-refractivity contribution in [3.05, 3.63) is 34.3 Å². The Hall–Kier alpha value is -1.89. The summed E-state index contributed by atoms with van der Waals surface area (Å²) in [5.41, 5.74) is 1.12. The quantitative estimate of drug-likeness (QED) is 0.853. The maximum absolute atomic E-state index is 11.9. The zero-order valence-electron chi connectivity index (χ0n) is 11.7. The monoisotopic (exact) mass is 293 g/mol. The number of aromatic amines is 1. The van der Waals surface area contributed by atoms with Crippen LogP contribution in [0, 0.1) is 0 Å². The van der Waals surface area contributed by atoms with E-state index in [9.17, 15) is 4.79 Å². The molecular formula is C13H19N5OS. The molecule has 0 aliphatic rings. The van der Waals surface area contributed by atoms with Gasteiger partial charge in [0.1, 0.15) is 5.82 Å². The number of carbonyl (C=O) groups excluding carboxylic acids is 1. The van der Waals surface area contributed by atoms with E-state index in [1.165, 1.54) is 0 Å². The standard InChI is InChI=1S/C13H19N5OS/c1-3-10-9-20-12(17-10)4-5-16-13(19)18(2)8-11-14-6-7-15-11/h6-7,9H,3-5,8H2,1-2H3,(H,14,15)(H,16,19). The molecule has 0 saturated heterocycles. The highest BCUT2D eigenvalue weighted by atomic mass is 32.1. The van der Waals surface area contributed by atoms with E-state index in [4.69, 9.17) is 0 Å². The molecule has 2 amide bonds. The molecular weight excluding hydrogens is 274 g/mol. The maximum Gasteiger partial charge on any atom is 0.317 e. The predicted molar refractivity (Wildman–Crippen MR) is 78.6 cm³/mol. The number of amides is 2. The van der Waals surface area contributed by atoms with Gasteiger partial charge in [-0.05, 0) is 6.42 Å². The van der Waals surface area contributed by atoms with Crippen LogP contribution in [0.4, 0.5) is 4.79 Å². The number of nitrogens with zero attached hydrogens (tertiary/aromatic N) is 3. The maximum atomic E-state index is 11.9. The van der Waals surface area contributed by atoms with Crippen LogP contribution < -0.4 is 5.32 Å². The summed E-state index contributed by atoms with van der Waals surface area (Å²) in [4.78, 5) is 25.0. The molecule has 2 rings (SSSR count). The number of rotatable bonds is 6. The van der Waals surface area contributed by atoms with Crippen molar-refractivity contribution in [2.45, 2.75) is 26.3 Å². The molecule has 0 atom stereocenters. The molecule has 0 aliphatic heterocycles. The van der Waals surface area contributed by atoms with Crippen LogP contribution in [0.5, 0.6) is 0 Å². The average Bonchev–Trinajstić information content (AvgIpc) is 3.09. The molecule has 108 valence electrons. The fourth-order valence-corrected chi connectivity index (χ4v) is 2.60. The van der Waals surface area contributed by atoms with Gasteiger partial charge in [0.05, 0.1) is 17.2 Å². The van der Waals surface area contributed by atoms with Crippen LogP contribution in [0.3, 0.4) is 0 Å². The summed E-state index contributed by atoms with van der Waals surface area (Å²) >= 11 is 1.65. The largest absolute Gasteiger partial charge is 0.347 e. The number of aromatic nitrogens is 3. The molecule has 0 radical (unpaired) electrons. The molecule has 0 aromatic carbocycles. The number of hydrogen-bond acceptors (Lipinski definition) is 4. The lowest BCUT2D eigenvalue weighted by Crippen LogP contribution is -2.38. The van der Waals surface area contributed by atoms with Crippen molar-refractivity contribution in [2.24, 2.45) is 0 Å². The Morgan fingerprint density at radius 2 is 2.40 bits per heavy atom. The Morgan fingerprint density at radius 3 is 3.05 bits per heavy atom. The van der Waals surface area contributed by atoms with Crippen molar-refractivity contribution in [1.82, 2.24) is 25.2 Å². The van der Waals surface area contributed by atoms with Gasteiger partial charge in [-0.2, -0.15) is 0 Å². The first kappa shape index (κ1) is 14.5. The summed E-state index contributed by atoms with van der Waals surface area (Å²) in [6, 6.07) is -0.103. The number of imidazole rings is 1. The van der Waals surface area contributed by atoms with Crippen LogP contribution >= 0.6 is 11.3 Å². The van der Waals surface area contributed by atoms with Gasteiger partial charge in [-0.15, -0.1) is 11.3 Å². The summed E-state index contributed by atoms with van der Waals surface area (Å²) in [6.45, 7) is 3.15. The normalized spacial score (nSPS) is 10.5. The first-order valence-electron chi connectivity index (χ1n) is 6.59. The van der Waals surface area contributed by atoms with Crippen molar-refractivity contribution in [2.75, 3.05) is 13.6 Å². The van der Waals surface area contributed by atoms with Crippen molar-refractivity contribution < 1.29 is 4.79 Å². The van der Waals surface area contributed by atoms with E-state index in [1.807, 2.05) is 0 Å². The highest BCUT2D eigenvalue weighted by Gasteiger charge is 2.10. The smallest absolute Gasteiger partial charge is 0.317 e. The minimum Gasteiger partial charge on any atom is -0.347 e. The van der Waals surface area contributed by atoms with Gasteiger partial charge >= 0.3 is 6.03 Å². The molecule has 0 fully saturated rings. The van der Waals surface area contributed by atoms with Gasteiger partial charge in [-0.25, -0.2) is 14.8 Å². The van der Waals surface area contributed by atoms with E-state index in [1.54, 1.807) is 35.7 Å². The average molecular weight is 293 g/mol. The summed E-state index contributed by atoms with van der Waals surface area (Å²) in [5, 5.41) is 6.02. The van der Waals surface area contributed by atoms with Crippen LogP contribution in [0.15, 0.2) is 17.8 Å². The zero-order valence-corrected chi connectivity index (χ0v) is 12.5. The van der Waals surface area contributed by atoms with E-state index < -0.39 is 0 Å². The lowest BCUT2D eigenvalue weighted by Gasteiger charge is -2.16. The fraction of sp³-hybridized carbons (Fsp3) is 0.462. The van der Waals surface area contributed by atoms with Crippen LogP contribution in [0.25, 0.3) is 0 Å². The second-order valence-corrected chi connectivity index (χ2v) is 5.40. The summed E-state index contributed by atoms with van der Waals surface area (Å²) < 4.78 is 0. The number of urea groups is 1. The predicted octanol–water partition coefficient (Wildman–Crippen LogP) is 1.81. The topological polar surface area (TPSA) is 73.9 Å². The van der Waals surface area contributed by atoms with Crippen molar-refractivity contribution in [3.63, 3.8) is 0 Å². The molecule has 0 bridgehead atoms. The van der Waals surface area contributed by atoms with Gasteiger partial charge in [-0.3, -0.25) is 0 Å².